The standard InChI is InChI=1S/C21H21N3S/c1-15-7-6-10-19(16(15)2)23-21(25)24-20(17-8-4-3-5-9-17)18-11-13-22-14-12-18/h3-14,20H,1-2H3,(H2,23,24,25)/t20-/m1/s1. The molecule has 2 N–H and O–H groups in total. The molecule has 0 aliphatic carbocycles. The molecule has 4 heteroatoms. The molecule has 0 saturated carbocycles. The van der Waals surface area contributed by atoms with E-state index in [4.69, 9.17) is 12.2 Å². The van der Waals surface area contributed by atoms with Crippen molar-refractivity contribution >= 4 is 23.0 Å². The van der Waals surface area contributed by atoms with Crippen molar-refractivity contribution in [3.05, 3.63) is 95.3 Å². The van der Waals surface area contributed by atoms with Crippen LogP contribution in [0.1, 0.15) is 28.3 Å². The van der Waals surface area contributed by atoms with Crippen LogP contribution in [0, 0.1) is 13.8 Å². The molecule has 3 rings (SSSR count). The molecule has 0 aliphatic rings. The number of benzene rings is 2. The highest BCUT2D eigenvalue weighted by atomic mass is 32.1. The number of aryl methyl sites for hydroxylation is 1. The van der Waals surface area contributed by atoms with E-state index in [0.717, 1.165) is 16.8 Å². The van der Waals surface area contributed by atoms with Gasteiger partial charge in [0.1, 0.15) is 0 Å². The third kappa shape index (κ3) is 4.22. The fourth-order valence-corrected chi connectivity index (χ4v) is 2.96. The van der Waals surface area contributed by atoms with E-state index in [1.807, 2.05) is 42.5 Å². The Kier molecular flexibility index (Phi) is 5.41. The van der Waals surface area contributed by atoms with E-state index in [1.165, 1.54) is 11.1 Å². The Labute approximate surface area is 154 Å². The number of nitrogens with one attached hydrogen (secondary N) is 2. The highest BCUT2D eigenvalue weighted by molar-refractivity contribution is 7.80. The lowest BCUT2D eigenvalue weighted by Crippen LogP contribution is -2.33. The predicted octanol–water partition coefficient (Wildman–Crippen LogP) is 4.77. The largest absolute Gasteiger partial charge is 0.352 e. The molecule has 126 valence electrons. The van der Waals surface area contributed by atoms with Crippen molar-refractivity contribution in [1.82, 2.24) is 10.3 Å². The summed E-state index contributed by atoms with van der Waals surface area (Å²) in [4.78, 5) is 4.11. The monoisotopic (exact) mass is 347 g/mol. The molecule has 0 unspecified atom stereocenters. The second-order valence-corrected chi connectivity index (χ2v) is 6.38. The van der Waals surface area contributed by atoms with Gasteiger partial charge >= 0.3 is 0 Å². The van der Waals surface area contributed by atoms with Crippen molar-refractivity contribution < 1.29 is 0 Å². The van der Waals surface area contributed by atoms with Gasteiger partial charge in [0.25, 0.3) is 0 Å². The zero-order valence-corrected chi connectivity index (χ0v) is 15.2. The van der Waals surface area contributed by atoms with Crippen LogP contribution in [0.4, 0.5) is 5.69 Å². The Bertz CT molecular complexity index is 808. The summed E-state index contributed by atoms with van der Waals surface area (Å²) >= 11 is 5.58. The van der Waals surface area contributed by atoms with Gasteiger partial charge in [-0.05, 0) is 66.5 Å². The number of anilines is 1. The first-order valence-corrected chi connectivity index (χ1v) is 8.64. The van der Waals surface area contributed by atoms with Crippen LogP contribution in [0.2, 0.25) is 0 Å². The van der Waals surface area contributed by atoms with Gasteiger partial charge in [-0.1, -0.05) is 42.5 Å². The second-order valence-electron chi connectivity index (χ2n) is 5.97. The SMILES string of the molecule is Cc1cccc(NC(=S)N[C@H](c2ccccc2)c2ccncc2)c1C. The van der Waals surface area contributed by atoms with Gasteiger partial charge in [0.2, 0.25) is 0 Å². The predicted molar refractivity (Wildman–Crippen MR) is 108 cm³/mol. The zero-order chi connectivity index (χ0) is 17.6. The number of hydrogen-bond acceptors (Lipinski definition) is 2. The second kappa shape index (κ2) is 7.90. The molecular weight excluding hydrogens is 326 g/mol. The van der Waals surface area contributed by atoms with Gasteiger partial charge in [0.05, 0.1) is 6.04 Å². The number of hydrogen-bond donors (Lipinski definition) is 2. The molecule has 1 aromatic heterocycles. The van der Waals surface area contributed by atoms with E-state index in [2.05, 4.69) is 47.7 Å². The van der Waals surface area contributed by atoms with Crippen LogP contribution in [-0.4, -0.2) is 10.1 Å². The third-order valence-corrected chi connectivity index (χ3v) is 4.52. The fraction of sp³-hybridized carbons (Fsp3) is 0.143. The van der Waals surface area contributed by atoms with E-state index >= 15 is 0 Å². The number of thiocarbonyl (C=S) groups is 1. The smallest absolute Gasteiger partial charge is 0.171 e. The lowest BCUT2D eigenvalue weighted by atomic mass is 10.00. The van der Waals surface area contributed by atoms with Gasteiger partial charge < -0.3 is 10.6 Å². The average Bonchev–Trinajstić information content (AvgIpc) is 2.65. The maximum atomic E-state index is 5.58. The number of rotatable bonds is 4. The van der Waals surface area contributed by atoms with Gasteiger partial charge in [-0.2, -0.15) is 0 Å². The summed E-state index contributed by atoms with van der Waals surface area (Å²) in [6.07, 6.45) is 3.60. The van der Waals surface area contributed by atoms with Crippen LogP contribution in [0.25, 0.3) is 0 Å². The summed E-state index contributed by atoms with van der Waals surface area (Å²) in [6, 6.07) is 20.4. The summed E-state index contributed by atoms with van der Waals surface area (Å²) in [5.74, 6) is 0. The Morgan fingerprint density at radius 1 is 0.880 bits per heavy atom. The summed E-state index contributed by atoms with van der Waals surface area (Å²) < 4.78 is 0. The Hall–Kier alpha value is -2.72. The molecule has 0 bridgehead atoms. The molecule has 25 heavy (non-hydrogen) atoms. The summed E-state index contributed by atoms with van der Waals surface area (Å²) in [6.45, 7) is 4.19. The average molecular weight is 347 g/mol. The Morgan fingerprint density at radius 3 is 2.28 bits per heavy atom. The summed E-state index contributed by atoms with van der Waals surface area (Å²) in [7, 11) is 0. The number of aromatic nitrogens is 1. The summed E-state index contributed by atoms with van der Waals surface area (Å²) in [5.41, 5.74) is 5.73. The molecule has 2 aromatic carbocycles. The van der Waals surface area contributed by atoms with E-state index in [9.17, 15) is 0 Å². The van der Waals surface area contributed by atoms with Crippen molar-refractivity contribution in [1.29, 1.82) is 0 Å². The Balaban J connectivity index is 1.83. The fourth-order valence-electron chi connectivity index (χ4n) is 2.74. The van der Waals surface area contributed by atoms with E-state index in [-0.39, 0.29) is 6.04 Å². The molecule has 0 saturated heterocycles. The van der Waals surface area contributed by atoms with Gasteiger partial charge in [0, 0.05) is 18.1 Å². The lowest BCUT2D eigenvalue weighted by molar-refractivity contribution is 0.766. The first kappa shape index (κ1) is 17.1. The molecule has 0 radical (unpaired) electrons. The minimum absolute atomic E-state index is 0.0330. The maximum Gasteiger partial charge on any atom is 0.171 e. The van der Waals surface area contributed by atoms with Crippen molar-refractivity contribution in [2.45, 2.75) is 19.9 Å². The van der Waals surface area contributed by atoms with Crippen LogP contribution >= 0.6 is 12.2 Å². The van der Waals surface area contributed by atoms with E-state index in [1.54, 1.807) is 12.4 Å². The lowest BCUT2D eigenvalue weighted by Gasteiger charge is -2.22. The van der Waals surface area contributed by atoms with Crippen LogP contribution in [0.5, 0.6) is 0 Å². The van der Waals surface area contributed by atoms with E-state index in [0.29, 0.717) is 5.11 Å². The van der Waals surface area contributed by atoms with Gasteiger partial charge in [-0.15, -0.1) is 0 Å². The first-order chi connectivity index (χ1) is 12.1. The zero-order valence-electron chi connectivity index (χ0n) is 14.4. The van der Waals surface area contributed by atoms with Crippen molar-refractivity contribution in [2.24, 2.45) is 0 Å². The van der Waals surface area contributed by atoms with E-state index < -0.39 is 0 Å². The van der Waals surface area contributed by atoms with Crippen LogP contribution in [0.15, 0.2) is 73.1 Å². The molecule has 3 nitrogen and oxygen atoms in total. The number of pyridine rings is 1. The van der Waals surface area contributed by atoms with Crippen molar-refractivity contribution in [3.8, 4) is 0 Å². The van der Waals surface area contributed by atoms with Crippen molar-refractivity contribution in [3.63, 3.8) is 0 Å². The molecule has 0 amide bonds. The minimum Gasteiger partial charge on any atom is -0.352 e. The highest BCUT2D eigenvalue weighted by Crippen LogP contribution is 2.22. The van der Waals surface area contributed by atoms with Crippen LogP contribution < -0.4 is 10.6 Å². The normalized spacial score (nSPS) is 11.6. The molecule has 0 fully saturated rings. The van der Waals surface area contributed by atoms with Crippen LogP contribution in [0.3, 0.4) is 0 Å². The van der Waals surface area contributed by atoms with Gasteiger partial charge in [-0.25, -0.2) is 0 Å². The topological polar surface area (TPSA) is 37.0 Å². The molecule has 1 atom stereocenters. The molecule has 0 spiro atoms. The number of nitrogens with zero attached hydrogens (tertiary/aromatic N) is 1. The van der Waals surface area contributed by atoms with Crippen LogP contribution in [-0.2, 0) is 0 Å². The highest BCUT2D eigenvalue weighted by Gasteiger charge is 2.15. The molecule has 1 heterocycles. The maximum absolute atomic E-state index is 5.58. The molecular formula is C21H21N3S. The van der Waals surface area contributed by atoms with Crippen molar-refractivity contribution in [2.75, 3.05) is 5.32 Å². The Morgan fingerprint density at radius 2 is 1.56 bits per heavy atom. The van der Waals surface area contributed by atoms with Gasteiger partial charge in [-0.3, -0.25) is 4.98 Å². The molecule has 3 aromatic rings. The molecule has 0 aliphatic heterocycles. The van der Waals surface area contributed by atoms with Gasteiger partial charge in [0.15, 0.2) is 5.11 Å². The first-order valence-electron chi connectivity index (χ1n) is 8.24. The quantitative estimate of drug-likeness (QED) is 0.666. The minimum atomic E-state index is -0.0330. The third-order valence-electron chi connectivity index (χ3n) is 4.30. The summed E-state index contributed by atoms with van der Waals surface area (Å²) in [5, 5.41) is 7.36.